The molecule has 4 saturated carbocycles. The van der Waals surface area contributed by atoms with Gasteiger partial charge < -0.3 is 84.4 Å². The summed E-state index contributed by atoms with van der Waals surface area (Å²) in [6.45, 7) is 15.3. The van der Waals surface area contributed by atoms with E-state index < -0.39 is 157 Å². The van der Waals surface area contributed by atoms with Gasteiger partial charge >= 0.3 is 11.9 Å². The lowest BCUT2D eigenvalue weighted by Crippen LogP contribution is -2.69. The van der Waals surface area contributed by atoms with E-state index in [9.17, 15) is 60.3 Å². The summed E-state index contributed by atoms with van der Waals surface area (Å²) in [6.07, 6.45) is -11.1. The summed E-state index contributed by atoms with van der Waals surface area (Å²) in [6, 6.07) is 8.16. The summed E-state index contributed by atoms with van der Waals surface area (Å²) in [7, 11) is 0. The predicted molar refractivity (Wildman–Crippen MR) is 272 cm³/mol. The smallest absolute Gasteiger partial charge is 0.331 e. The van der Waals surface area contributed by atoms with Gasteiger partial charge in [-0.05, 0) is 96.0 Å². The number of carboxylic acids is 1. The zero-order chi connectivity index (χ0) is 55.9. The molecule has 3 heterocycles. The molecule has 0 radical (unpaired) electrons. The fraction of sp³-hybridized carbons (Fsp3) is 0.772. The first-order chi connectivity index (χ1) is 36.1. The van der Waals surface area contributed by atoms with Gasteiger partial charge in [0.25, 0.3) is 0 Å². The van der Waals surface area contributed by atoms with Crippen molar-refractivity contribution >= 4 is 23.9 Å². The number of carbonyl (C=O) groups is 3. The summed E-state index contributed by atoms with van der Waals surface area (Å²) in [5.41, 5.74) is -1.98. The van der Waals surface area contributed by atoms with Crippen LogP contribution in [0.1, 0.15) is 112 Å². The van der Waals surface area contributed by atoms with E-state index in [1.807, 2.05) is 44.2 Å². The Morgan fingerprint density at radius 3 is 2.09 bits per heavy atom. The van der Waals surface area contributed by atoms with E-state index in [0.29, 0.717) is 19.3 Å². The molecule has 9 rings (SSSR count). The molecular weight excluding hydrogens is 1000 g/mol. The Morgan fingerprint density at radius 1 is 0.740 bits per heavy atom. The fourth-order valence-corrected chi connectivity index (χ4v) is 16.0. The van der Waals surface area contributed by atoms with Gasteiger partial charge in [-0.2, -0.15) is 0 Å². The van der Waals surface area contributed by atoms with Crippen LogP contribution < -0.4 is 5.32 Å². The van der Waals surface area contributed by atoms with Crippen molar-refractivity contribution < 1.29 is 93.5 Å². The standard InChI is InChI=1S/C57H83NO19/c1-28(59)58-41-45(67)44(66)34(27-73-50-47(43(65)33(61)26-72-50)77-49-46(68)42(64)32(60)25-71-49)74-48(41)76-38-19-20-54(6)35(53(38,4)5)18-21-55(7)36(54)16-15-30-31-22-52(2,3)39(75-40(63)17-14-29-12-10-9-11-13-29)24-57(31,51(69)70)37(62)23-56(30,55)8/h9-15,17,31-39,41-50,60-62,64-68H,16,18-27H2,1-8H3,(H,58,59)(H,69,70)/b17-14+/t31-,32-,33-,34+,35?,36+,37+,38-,39-,41+,42-,43-,44+,45+,46+,47+,48-,49-,50-,54-,55+,56+,57+/m0/s1. The first-order valence-corrected chi connectivity index (χ1v) is 27.5. The lowest BCUT2D eigenvalue weighted by Gasteiger charge is -2.72. The number of fused-ring (bicyclic) bond motifs is 7. The number of benzene rings is 1. The zero-order valence-electron chi connectivity index (χ0n) is 45.5. The Kier molecular flexibility index (Phi) is 16.2. The number of aliphatic carboxylic acids is 1. The molecule has 8 aliphatic rings. The second-order valence-electron chi connectivity index (χ2n) is 25.7. The van der Waals surface area contributed by atoms with Crippen LogP contribution in [-0.2, 0) is 47.5 Å². The minimum atomic E-state index is -1.73. The van der Waals surface area contributed by atoms with Gasteiger partial charge in [0.05, 0.1) is 32.0 Å². The average molecular weight is 1090 g/mol. The number of carboxylic acid groups (broad SMARTS) is 1. The lowest BCUT2D eigenvalue weighted by atomic mass is 9.33. The van der Waals surface area contributed by atoms with Crippen LogP contribution in [-0.4, -0.2) is 182 Å². The molecule has 1 unspecified atom stereocenters. The van der Waals surface area contributed by atoms with E-state index in [-0.39, 0.29) is 42.1 Å². The maximum atomic E-state index is 13.8. The number of rotatable bonds is 12. The van der Waals surface area contributed by atoms with Crippen molar-refractivity contribution in [2.45, 2.75) is 205 Å². The summed E-state index contributed by atoms with van der Waals surface area (Å²) in [5.74, 6) is -2.44. The second-order valence-corrected chi connectivity index (χ2v) is 25.7. The Labute approximate surface area is 450 Å². The fourth-order valence-electron chi connectivity index (χ4n) is 16.0. The Hall–Kier alpha value is -3.45. The molecule has 10 N–H and O–H groups in total. The number of hydrogen-bond donors (Lipinski definition) is 10. The molecule has 20 heteroatoms. The van der Waals surface area contributed by atoms with Crippen LogP contribution in [0, 0.1) is 50.2 Å². The van der Waals surface area contributed by atoms with Crippen molar-refractivity contribution in [2.75, 3.05) is 19.8 Å². The molecule has 77 heavy (non-hydrogen) atoms. The largest absolute Gasteiger partial charge is 0.481 e. The van der Waals surface area contributed by atoms with E-state index in [1.54, 1.807) is 6.08 Å². The van der Waals surface area contributed by atoms with Crippen LogP contribution in [0.25, 0.3) is 6.08 Å². The number of nitrogens with one attached hydrogen (secondary N) is 1. The molecule has 3 saturated heterocycles. The van der Waals surface area contributed by atoms with E-state index >= 15 is 0 Å². The number of hydrogen-bond acceptors (Lipinski definition) is 18. The van der Waals surface area contributed by atoms with E-state index in [2.05, 4.69) is 46.0 Å². The van der Waals surface area contributed by atoms with Crippen molar-refractivity contribution in [3.8, 4) is 0 Å². The Morgan fingerprint density at radius 2 is 1.42 bits per heavy atom. The number of aliphatic hydroxyl groups excluding tert-OH is 8. The Balaban J connectivity index is 0.919. The van der Waals surface area contributed by atoms with Crippen LogP contribution in [0.2, 0.25) is 0 Å². The normalized spacial score (nSPS) is 47.3. The molecule has 23 atom stereocenters. The van der Waals surface area contributed by atoms with Gasteiger partial charge in [0.1, 0.15) is 72.5 Å². The van der Waals surface area contributed by atoms with Gasteiger partial charge in [-0.25, -0.2) is 4.79 Å². The highest BCUT2D eigenvalue weighted by molar-refractivity contribution is 5.87. The molecule has 20 nitrogen and oxygen atoms in total. The minimum absolute atomic E-state index is 0.0206. The van der Waals surface area contributed by atoms with E-state index in [4.69, 9.17) is 33.2 Å². The van der Waals surface area contributed by atoms with Gasteiger partial charge in [0, 0.05) is 24.8 Å². The molecule has 1 aromatic carbocycles. The number of ether oxygens (including phenoxy) is 7. The summed E-state index contributed by atoms with van der Waals surface area (Å²) in [5, 5.41) is 102. The molecule has 3 aliphatic heterocycles. The zero-order valence-corrected chi connectivity index (χ0v) is 45.5. The topological polar surface area (TPSA) is 310 Å². The number of amides is 1. The average Bonchev–Trinajstić information content (AvgIpc) is 3.45. The van der Waals surface area contributed by atoms with Crippen molar-refractivity contribution in [1.82, 2.24) is 5.32 Å². The summed E-state index contributed by atoms with van der Waals surface area (Å²) >= 11 is 0. The van der Waals surface area contributed by atoms with Gasteiger partial charge in [0.2, 0.25) is 5.91 Å². The third-order valence-electron chi connectivity index (χ3n) is 20.6. The minimum Gasteiger partial charge on any atom is -0.481 e. The predicted octanol–water partition coefficient (Wildman–Crippen LogP) is 2.33. The molecule has 0 spiro atoms. The van der Waals surface area contributed by atoms with Crippen LogP contribution in [0.4, 0.5) is 0 Å². The lowest BCUT2D eigenvalue weighted by molar-refractivity contribution is -0.352. The van der Waals surface area contributed by atoms with Gasteiger partial charge in [-0.1, -0.05) is 90.4 Å². The molecule has 430 valence electrons. The van der Waals surface area contributed by atoms with Gasteiger partial charge in [-0.15, -0.1) is 0 Å². The highest BCUT2D eigenvalue weighted by atomic mass is 16.8. The number of allylic oxidation sites excluding steroid dienone is 2. The molecule has 0 aromatic heterocycles. The first-order valence-electron chi connectivity index (χ1n) is 27.5. The number of carbonyl (C=O) groups excluding carboxylic acids is 2. The van der Waals surface area contributed by atoms with E-state index in [1.165, 1.54) is 13.0 Å². The van der Waals surface area contributed by atoms with E-state index in [0.717, 1.165) is 30.4 Å². The number of esters is 1. The highest BCUT2D eigenvalue weighted by Gasteiger charge is 2.73. The third-order valence-corrected chi connectivity index (χ3v) is 20.6. The highest BCUT2D eigenvalue weighted by Crippen LogP contribution is 2.76. The van der Waals surface area contributed by atoms with Crippen LogP contribution in [0.15, 0.2) is 48.1 Å². The molecule has 5 aliphatic carbocycles. The van der Waals surface area contributed by atoms with Crippen LogP contribution in [0.5, 0.6) is 0 Å². The summed E-state index contributed by atoms with van der Waals surface area (Å²) in [4.78, 5) is 39.7. The van der Waals surface area contributed by atoms with Crippen molar-refractivity contribution in [3.05, 3.63) is 53.6 Å². The SMILES string of the molecule is CC(=O)N[C@H]1[C@H](O[C@H]2CC[C@@]3(C)C(CC[C@]4(C)[C@@H]3CC=C3[C@@H]5CC(C)(C)[C@@H](OC(=O)/C=C/c6ccccc6)C[C@]5(C(=O)O)[C@H](O)C[C@]34C)C2(C)C)O[C@H](CO[C@@H]2OC[C@H](O)[C@H](O)[C@H]2O[C@@H]2OC[C@H](O)[C@H](O)[C@H]2O)[C@@H](O)[C@@H]1O. The Bertz CT molecular complexity index is 2380. The molecule has 7 fully saturated rings. The molecule has 0 bridgehead atoms. The monoisotopic (exact) mass is 1090 g/mol. The van der Waals surface area contributed by atoms with Crippen LogP contribution in [0.3, 0.4) is 0 Å². The maximum Gasteiger partial charge on any atom is 0.331 e. The van der Waals surface area contributed by atoms with Crippen molar-refractivity contribution in [2.24, 2.45) is 50.2 Å². The second kappa shape index (κ2) is 21.5. The number of aliphatic hydroxyl groups is 8. The quantitative estimate of drug-likeness (QED) is 0.0622. The molecule has 1 amide bonds. The first kappa shape index (κ1) is 58.2. The van der Waals surface area contributed by atoms with Crippen molar-refractivity contribution in [3.63, 3.8) is 0 Å². The maximum absolute atomic E-state index is 13.8. The summed E-state index contributed by atoms with van der Waals surface area (Å²) < 4.78 is 42.3. The van der Waals surface area contributed by atoms with Crippen LogP contribution >= 0.6 is 0 Å². The molecule has 1 aromatic rings. The van der Waals surface area contributed by atoms with Crippen molar-refractivity contribution in [1.29, 1.82) is 0 Å². The molecular formula is C57H83NO19. The van der Waals surface area contributed by atoms with Gasteiger partial charge in [-0.3, -0.25) is 9.59 Å². The van der Waals surface area contributed by atoms with Gasteiger partial charge in [0.15, 0.2) is 18.9 Å². The third kappa shape index (κ3) is 10.1.